The molecule has 2 aliphatic heterocycles. The van der Waals surface area contributed by atoms with Crippen molar-refractivity contribution in [2.45, 2.75) is 32.2 Å². The SMILES string of the molecule is CCCN(CC1CCCOC1)C1COCC1C(=O)O. The fourth-order valence-electron chi connectivity index (χ4n) is 3.10. The third-order valence-corrected chi connectivity index (χ3v) is 4.09. The monoisotopic (exact) mass is 271 g/mol. The number of aliphatic carboxylic acids is 1. The van der Waals surface area contributed by atoms with Gasteiger partial charge in [-0.3, -0.25) is 9.69 Å². The largest absolute Gasteiger partial charge is 0.481 e. The minimum Gasteiger partial charge on any atom is -0.481 e. The topological polar surface area (TPSA) is 59.0 Å². The fraction of sp³-hybridized carbons (Fsp3) is 0.929. The van der Waals surface area contributed by atoms with Crippen molar-refractivity contribution in [2.24, 2.45) is 11.8 Å². The average molecular weight is 271 g/mol. The van der Waals surface area contributed by atoms with Crippen LogP contribution in [0.4, 0.5) is 0 Å². The summed E-state index contributed by atoms with van der Waals surface area (Å²) >= 11 is 0. The third-order valence-electron chi connectivity index (χ3n) is 4.09. The summed E-state index contributed by atoms with van der Waals surface area (Å²) in [5, 5.41) is 9.28. The molecule has 5 heteroatoms. The van der Waals surface area contributed by atoms with Crippen LogP contribution in [0.15, 0.2) is 0 Å². The average Bonchev–Trinajstić information content (AvgIpc) is 2.89. The van der Waals surface area contributed by atoms with Gasteiger partial charge in [0.05, 0.1) is 25.7 Å². The van der Waals surface area contributed by atoms with Crippen molar-refractivity contribution in [2.75, 3.05) is 39.5 Å². The molecular weight excluding hydrogens is 246 g/mol. The van der Waals surface area contributed by atoms with Gasteiger partial charge in [-0.25, -0.2) is 0 Å². The van der Waals surface area contributed by atoms with Gasteiger partial charge in [0, 0.05) is 19.2 Å². The van der Waals surface area contributed by atoms with Gasteiger partial charge in [-0.1, -0.05) is 6.92 Å². The van der Waals surface area contributed by atoms with Gasteiger partial charge in [0.2, 0.25) is 0 Å². The lowest BCUT2D eigenvalue weighted by Gasteiger charge is -2.34. The first-order chi connectivity index (χ1) is 9.22. The molecule has 0 radical (unpaired) electrons. The van der Waals surface area contributed by atoms with Crippen LogP contribution in [0, 0.1) is 11.8 Å². The lowest BCUT2D eigenvalue weighted by molar-refractivity contribution is -0.143. The van der Waals surface area contributed by atoms with Crippen LogP contribution in [0.1, 0.15) is 26.2 Å². The Morgan fingerprint density at radius 3 is 2.79 bits per heavy atom. The summed E-state index contributed by atoms with van der Waals surface area (Å²) in [6, 6.07) is 0.0272. The van der Waals surface area contributed by atoms with E-state index in [9.17, 15) is 9.90 Å². The molecule has 3 atom stereocenters. The van der Waals surface area contributed by atoms with Gasteiger partial charge >= 0.3 is 5.97 Å². The molecule has 1 N–H and O–H groups in total. The summed E-state index contributed by atoms with van der Waals surface area (Å²) < 4.78 is 10.9. The Hall–Kier alpha value is -0.650. The quantitative estimate of drug-likeness (QED) is 0.787. The Kier molecular flexibility index (Phi) is 5.60. The lowest BCUT2D eigenvalue weighted by Crippen LogP contribution is -2.46. The Labute approximate surface area is 114 Å². The maximum Gasteiger partial charge on any atom is 0.310 e. The molecule has 2 aliphatic rings. The summed E-state index contributed by atoms with van der Waals surface area (Å²) in [5.41, 5.74) is 0. The van der Waals surface area contributed by atoms with Crippen LogP contribution in [-0.4, -0.2) is 61.5 Å². The van der Waals surface area contributed by atoms with Crippen molar-refractivity contribution in [1.82, 2.24) is 4.90 Å². The van der Waals surface area contributed by atoms with E-state index in [0.29, 0.717) is 19.1 Å². The molecule has 2 saturated heterocycles. The predicted octanol–water partition coefficient (Wildman–Crippen LogP) is 1.22. The van der Waals surface area contributed by atoms with E-state index in [0.717, 1.165) is 39.1 Å². The van der Waals surface area contributed by atoms with Crippen LogP contribution in [0.3, 0.4) is 0 Å². The first-order valence-electron chi connectivity index (χ1n) is 7.34. The van der Waals surface area contributed by atoms with Crippen LogP contribution in [-0.2, 0) is 14.3 Å². The van der Waals surface area contributed by atoms with E-state index in [2.05, 4.69) is 11.8 Å². The molecule has 110 valence electrons. The molecule has 5 nitrogen and oxygen atoms in total. The highest BCUT2D eigenvalue weighted by atomic mass is 16.5. The number of hydrogen-bond acceptors (Lipinski definition) is 4. The van der Waals surface area contributed by atoms with Crippen molar-refractivity contribution in [3.05, 3.63) is 0 Å². The molecule has 0 amide bonds. The maximum absolute atomic E-state index is 11.3. The van der Waals surface area contributed by atoms with Gasteiger partial charge in [0.25, 0.3) is 0 Å². The van der Waals surface area contributed by atoms with Crippen LogP contribution in [0.25, 0.3) is 0 Å². The van der Waals surface area contributed by atoms with E-state index >= 15 is 0 Å². The Morgan fingerprint density at radius 1 is 1.32 bits per heavy atom. The van der Waals surface area contributed by atoms with E-state index in [-0.39, 0.29) is 12.0 Å². The number of ether oxygens (including phenoxy) is 2. The molecule has 2 heterocycles. The van der Waals surface area contributed by atoms with Crippen LogP contribution in [0.2, 0.25) is 0 Å². The number of carboxylic acids is 1. The number of carbonyl (C=O) groups is 1. The molecule has 0 aliphatic carbocycles. The molecule has 0 spiro atoms. The second kappa shape index (κ2) is 7.22. The zero-order chi connectivity index (χ0) is 13.7. The summed E-state index contributed by atoms with van der Waals surface area (Å²) in [7, 11) is 0. The maximum atomic E-state index is 11.3. The summed E-state index contributed by atoms with van der Waals surface area (Å²) in [4.78, 5) is 13.6. The molecular formula is C14H25NO4. The minimum atomic E-state index is -0.733. The van der Waals surface area contributed by atoms with E-state index in [1.54, 1.807) is 0 Å². The van der Waals surface area contributed by atoms with Crippen molar-refractivity contribution >= 4 is 5.97 Å². The number of rotatable bonds is 6. The van der Waals surface area contributed by atoms with Gasteiger partial charge in [0.1, 0.15) is 0 Å². The third kappa shape index (κ3) is 3.91. The molecule has 2 fully saturated rings. The zero-order valence-electron chi connectivity index (χ0n) is 11.7. The van der Waals surface area contributed by atoms with Crippen LogP contribution in [0.5, 0.6) is 0 Å². The van der Waals surface area contributed by atoms with Crippen molar-refractivity contribution in [3.8, 4) is 0 Å². The van der Waals surface area contributed by atoms with E-state index < -0.39 is 5.97 Å². The Balaban J connectivity index is 1.95. The number of nitrogens with zero attached hydrogens (tertiary/aromatic N) is 1. The predicted molar refractivity (Wildman–Crippen MR) is 71.1 cm³/mol. The fourth-order valence-corrected chi connectivity index (χ4v) is 3.10. The van der Waals surface area contributed by atoms with Gasteiger partial charge in [-0.05, 0) is 31.7 Å². The highest BCUT2D eigenvalue weighted by Crippen LogP contribution is 2.23. The van der Waals surface area contributed by atoms with E-state index in [1.165, 1.54) is 6.42 Å². The smallest absolute Gasteiger partial charge is 0.310 e. The highest BCUT2D eigenvalue weighted by Gasteiger charge is 2.38. The molecule has 0 aromatic carbocycles. The second-order valence-electron chi connectivity index (χ2n) is 5.63. The molecule has 2 rings (SSSR count). The molecule has 0 aromatic rings. The molecule has 0 aromatic heterocycles. The molecule has 0 saturated carbocycles. The first kappa shape index (κ1) is 14.8. The highest BCUT2D eigenvalue weighted by molar-refractivity contribution is 5.71. The van der Waals surface area contributed by atoms with Gasteiger partial charge in [-0.15, -0.1) is 0 Å². The van der Waals surface area contributed by atoms with Gasteiger partial charge < -0.3 is 14.6 Å². The summed E-state index contributed by atoms with van der Waals surface area (Å²) in [6.07, 6.45) is 3.34. The molecule has 19 heavy (non-hydrogen) atoms. The Bertz CT molecular complexity index is 291. The second-order valence-corrected chi connectivity index (χ2v) is 5.63. The van der Waals surface area contributed by atoms with Crippen molar-refractivity contribution in [3.63, 3.8) is 0 Å². The lowest BCUT2D eigenvalue weighted by atomic mass is 9.97. The standard InChI is InChI=1S/C14H25NO4/c1-2-5-15(7-11-4-3-6-18-8-11)13-10-19-9-12(13)14(16)17/h11-13H,2-10H2,1H3,(H,16,17). The van der Waals surface area contributed by atoms with E-state index in [1.807, 2.05) is 0 Å². The van der Waals surface area contributed by atoms with Crippen molar-refractivity contribution < 1.29 is 19.4 Å². The van der Waals surface area contributed by atoms with E-state index in [4.69, 9.17) is 9.47 Å². The van der Waals surface area contributed by atoms with Crippen LogP contribution < -0.4 is 0 Å². The van der Waals surface area contributed by atoms with Gasteiger partial charge in [0.15, 0.2) is 0 Å². The molecule has 0 bridgehead atoms. The van der Waals surface area contributed by atoms with Gasteiger partial charge in [-0.2, -0.15) is 0 Å². The van der Waals surface area contributed by atoms with Crippen molar-refractivity contribution in [1.29, 1.82) is 0 Å². The zero-order valence-corrected chi connectivity index (χ0v) is 11.7. The molecule has 3 unspecified atom stereocenters. The Morgan fingerprint density at radius 2 is 2.16 bits per heavy atom. The normalized spacial score (nSPS) is 31.8. The number of carboxylic acid groups (broad SMARTS) is 1. The minimum absolute atomic E-state index is 0.0272. The first-order valence-corrected chi connectivity index (χ1v) is 7.34. The van der Waals surface area contributed by atoms with Crippen LogP contribution >= 0.6 is 0 Å². The summed E-state index contributed by atoms with van der Waals surface area (Å²) in [6.45, 7) is 6.59. The number of hydrogen-bond donors (Lipinski definition) is 1. The summed E-state index contributed by atoms with van der Waals surface area (Å²) in [5.74, 6) is -0.574.